The lowest BCUT2D eigenvalue weighted by Crippen LogP contribution is -2.36. The van der Waals surface area contributed by atoms with E-state index in [0.29, 0.717) is 30.1 Å². The van der Waals surface area contributed by atoms with Gasteiger partial charge >= 0.3 is 0 Å². The fraction of sp³-hybridized carbons (Fsp3) is 0.385. The highest BCUT2D eigenvalue weighted by Gasteiger charge is 2.32. The van der Waals surface area contributed by atoms with Crippen molar-refractivity contribution in [3.63, 3.8) is 0 Å². The number of hydrogen-bond acceptors (Lipinski definition) is 7. The molecule has 2 aliphatic heterocycles. The number of nitrogens with zero attached hydrogens (tertiary/aromatic N) is 1. The summed E-state index contributed by atoms with van der Waals surface area (Å²) in [4.78, 5) is 16.8. The minimum Gasteiger partial charge on any atom is -0.492 e. The Labute approximate surface area is 148 Å². The summed E-state index contributed by atoms with van der Waals surface area (Å²) in [5.41, 5.74) is 3.18. The van der Waals surface area contributed by atoms with Crippen molar-refractivity contribution < 1.29 is 23.8 Å². The summed E-state index contributed by atoms with van der Waals surface area (Å²) in [5, 5.41) is 3.77. The highest BCUT2D eigenvalue weighted by molar-refractivity contribution is 9.11. The molecule has 0 radical (unpaired) electrons. The van der Waals surface area contributed by atoms with E-state index < -0.39 is 5.91 Å². The fourth-order valence-electron chi connectivity index (χ4n) is 2.42. The Kier molecular flexibility index (Phi) is 4.64. The number of hydrogen-bond donors (Lipinski definition) is 2. The van der Waals surface area contributed by atoms with Crippen LogP contribution in [-0.4, -0.2) is 31.6 Å². The largest absolute Gasteiger partial charge is 0.492 e. The van der Waals surface area contributed by atoms with Crippen molar-refractivity contribution >= 4 is 43.5 Å². The van der Waals surface area contributed by atoms with Crippen molar-refractivity contribution in [1.29, 1.82) is 0 Å². The van der Waals surface area contributed by atoms with Gasteiger partial charge in [0.25, 0.3) is 5.91 Å². The molecule has 0 spiro atoms. The van der Waals surface area contributed by atoms with E-state index in [1.54, 1.807) is 7.11 Å². The predicted octanol–water partition coefficient (Wildman–Crippen LogP) is 1.63. The van der Waals surface area contributed by atoms with Gasteiger partial charge in [0, 0.05) is 12.8 Å². The summed E-state index contributed by atoms with van der Waals surface area (Å²) < 4.78 is 17.8. The molecule has 1 atom stereocenters. The lowest BCUT2D eigenvalue weighted by molar-refractivity contribution is -0.115. The molecule has 0 aromatic heterocycles. The zero-order valence-electron chi connectivity index (χ0n) is 12.0. The van der Waals surface area contributed by atoms with Crippen LogP contribution >= 0.6 is 31.9 Å². The number of fused-ring (bicyclic) bond motifs is 1. The SMILES string of the molecule is COc1c(Br)c(C[C@H]2CC(C(=O)NN)=NO2)c(Br)c2c1OCO2. The van der Waals surface area contributed by atoms with Gasteiger partial charge in [0.05, 0.1) is 16.1 Å². The second-order valence-electron chi connectivity index (χ2n) is 4.85. The highest BCUT2D eigenvalue weighted by atomic mass is 79.9. The third-order valence-electron chi connectivity index (χ3n) is 3.51. The van der Waals surface area contributed by atoms with E-state index in [4.69, 9.17) is 24.9 Å². The minimum atomic E-state index is -0.450. The van der Waals surface area contributed by atoms with Gasteiger partial charge in [-0.3, -0.25) is 10.2 Å². The molecule has 0 saturated heterocycles. The smallest absolute Gasteiger partial charge is 0.283 e. The molecule has 10 heteroatoms. The average molecular weight is 451 g/mol. The first-order valence-corrected chi connectivity index (χ1v) is 8.22. The van der Waals surface area contributed by atoms with E-state index in [1.807, 2.05) is 5.43 Å². The second kappa shape index (κ2) is 6.54. The van der Waals surface area contributed by atoms with Gasteiger partial charge in [-0.1, -0.05) is 5.16 Å². The third-order valence-corrected chi connectivity index (χ3v) is 5.19. The molecule has 2 heterocycles. The first kappa shape index (κ1) is 16.3. The number of amides is 1. The number of ether oxygens (including phenoxy) is 3. The minimum absolute atomic E-state index is 0.129. The number of nitrogens with two attached hydrogens (primary N) is 1. The van der Waals surface area contributed by atoms with Gasteiger partial charge < -0.3 is 19.0 Å². The van der Waals surface area contributed by atoms with E-state index in [0.717, 1.165) is 14.5 Å². The van der Waals surface area contributed by atoms with Crippen molar-refractivity contribution in [2.24, 2.45) is 11.0 Å². The maximum atomic E-state index is 11.5. The first-order chi connectivity index (χ1) is 11.1. The number of methoxy groups -OCH3 is 1. The van der Waals surface area contributed by atoms with Crippen LogP contribution in [0.25, 0.3) is 0 Å². The molecule has 8 nitrogen and oxygen atoms in total. The molecule has 1 aromatic carbocycles. The third kappa shape index (κ3) is 2.86. The van der Waals surface area contributed by atoms with Gasteiger partial charge in [-0.2, -0.15) is 0 Å². The van der Waals surface area contributed by atoms with E-state index in [1.165, 1.54) is 0 Å². The molecule has 0 bridgehead atoms. The van der Waals surface area contributed by atoms with E-state index in [9.17, 15) is 4.79 Å². The summed E-state index contributed by atoms with van der Waals surface area (Å²) in [5.74, 6) is 6.33. The Hall–Kier alpha value is -1.52. The number of carbonyl (C=O) groups excluding carboxylic acids is 1. The van der Waals surface area contributed by atoms with Gasteiger partial charge in [0.2, 0.25) is 12.5 Å². The van der Waals surface area contributed by atoms with Crippen molar-refractivity contribution in [1.82, 2.24) is 5.43 Å². The molecule has 3 N–H and O–H groups in total. The summed E-state index contributed by atoms with van der Waals surface area (Å²) in [6, 6.07) is 0. The van der Waals surface area contributed by atoms with Crippen LogP contribution in [0.5, 0.6) is 17.2 Å². The molecule has 0 saturated carbocycles. The number of hydrazine groups is 1. The zero-order valence-corrected chi connectivity index (χ0v) is 15.2. The Bertz CT molecular complexity index is 695. The quantitative estimate of drug-likeness (QED) is 0.410. The standard InChI is InChI=1S/C13H13Br2N3O5/c1-20-10-8(14)6(9(15)11-12(10)22-4-21-11)2-5-3-7(18-23-5)13(19)17-16/h5H,2-4,16H2,1H3,(H,17,19)/t5-/m0/s1. The Morgan fingerprint density at radius 3 is 2.83 bits per heavy atom. The number of oxime groups is 1. The number of benzene rings is 1. The van der Waals surface area contributed by atoms with Crippen LogP contribution in [0.15, 0.2) is 14.1 Å². The van der Waals surface area contributed by atoms with Crippen LogP contribution in [0.2, 0.25) is 0 Å². The van der Waals surface area contributed by atoms with Crippen LogP contribution < -0.4 is 25.5 Å². The molecular formula is C13H13Br2N3O5. The molecule has 3 rings (SSSR count). The normalized spacial score (nSPS) is 18.4. The highest BCUT2D eigenvalue weighted by Crippen LogP contribution is 2.52. The maximum Gasteiger partial charge on any atom is 0.283 e. The molecule has 2 aliphatic rings. The summed E-state index contributed by atoms with van der Waals surface area (Å²) >= 11 is 7.06. The predicted molar refractivity (Wildman–Crippen MR) is 87.5 cm³/mol. The van der Waals surface area contributed by atoms with Gasteiger partial charge in [0.1, 0.15) is 11.8 Å². The number of carbonyl (C=O) groups is 1. The maximum absolute atomic E-state index is 11.5. The van der Waals surface area contributed by atoms with Crippen LogP contribution in [0.3, 0.4) is 0 Å². The van der Waals surface area contributed by atoms with Gasteiger partial charge in [-0.25, -0.2) is 5.84 Å². The molecular weight excluding hydrogens is 438 g/mol. The molecule has 124 valence electrons. The van der Waals surface area contributed by atoms with Crippen molar-refractivity contribution in [3.8, 4) is 17.2 Å². The average Bonchev–Trinajstić information content (AvgIpc) is 3.20. The molecule has 23 heavy (non-hydrogen) atoms. The number of halogens is 2. The Morgan fingerprint density at radius 1 is 1.39 bits per heavy atom. The van der Waals surface area contributed by atoms with Crippen LogP contribution in [0, 0.1) is 0 Å². The molecule has 1 amide bonds. The summed E-state index contributed by atoms with van der Waals surface area (Å²) in [7, 11) is 1.55. The topological polar surface area (TPSA) is 104 Å². The van der Waals surface area contributed by atoms with E-state index in [2.05, 4.69) is 37.0 Å². The second-order valence-corrected chi connectivity index (χ2v) is 6.44. The van der Waals surface area contributed by atoms with Gasteiger partial charge in [-0.15, -0.1) is 0 Å². The lowest BCUT2D eigenvalue weighted by Gasteiger charge is -2.16. The molecule has 0 unspecified atom stereocenters. The first-order valence-electron chi connectivity index (χ1n) is 6.63. The van der Waals surface area contributed by atoms with Gasteiger partial charge in [0.15, 0.2) is 11.5 Å². The summed E-state index contributed by atoms with van der Waals surface area (Å²) in [6.07, 6.45) is 0.553. The molecule has 0 fully saturated rings. The fourth-order valence-corrected chi connectivity index (χ4v) is 4.05. The van der Waals surface area contributed by atoms with Crippen molar-refractivity contribution in [2.75, 3.05) is 13.9 Å². The van der Waals surface area contributed by atoms with E-state index >= 15 is 0 Å². The van der Waals surface area contributed by atoms with Crippen LogP contribution in [0.1, 0.15) is 12.0 Å². The van der Waals surface area contributed by atoms with Crippen LogP contribution in [-0.2, 0) is 16.1 Å². The van der Waals surface area contributed by atoms with Crippen LogP contribution in [0.4, 0.5) is 0 Å². The van der Waals surface area contributed by atoms with Crippen molar-refractivity contribution in [3.05, 3.63) is 14.5 Å². The van der Waals surface area contributed by atoms with Crippen molar-refractivity contribution in [2.45, 2.75) is 18.9 Å². The number of nitrogens with one attached hydrogen (secondary N) is 1. The lowest BCUT2D eigenvalue weighted by atomic mass is 10.0. The Balaban J connectivity index is 1.86. The van der Waals surface area contributed by atoms with E-state index in [-0.39, 0.29) is 18.6 Å². The molecule has 0 aliphatic carbocycles. The Morgan fingerprint density at radius 2 is 2.13 bits per heavy atom. The zero-order chi connectivity index (χ0) is 16.6. The molecule has 1 aromatic rings. The van der Waals surface area contributed by atoms with Gasteiger partial charge in [-0.05, 0) is 37.4 Å². The summed E-state index contributed by atoms with van der Waals surface area (Å²) in [6.45, 7) is 0.129. The number of rotatable bonds is 4. The monoisotopic (exact) mass is 449 g/mol.